The molecule has 0 amide bonds. The fourth-order valence-corrected chi connectivity index (χ4v) is 4.16. The number of ether oxygens (including phenoxy) is 1. The third-order valence-electron chi connectivity index (χ3n) is 5.97. The average Bonchev–Trinajstić information content (AvgIpc) is 2.90. The third kappa shape index (κ3) is 4.20. The van der Waals surface area contributed by atoms with E-state index in [0.717, 1.165) is 22.4 Å². The van der Waals surface area contributed by atoms with Crippen molar-refractivity contribution in [3.8, 4) is 50.7 Å². The van der Waals surface area contributed by atoms with Gasteiger partial charge in [-0.05, 0) is 55.0 Å². The van der Waals surface area contributed by atoms with Gasteiger partial charge in [-0.3, -0.25) is 4.79 Å². The van der Waals surface area contributed by atoms with E-state index in [0.29, 0.717) is 28.1 Å². The highest BCUT2D eigenvalue weighted by molar-refractivity contribution is 5.93. The summed E-state index contributed by atoms with van der Waals surface area (Å²) < 4.78 is 6.75. The number of hydrogen-bond donors (Lipinski definition) is 1. The van der Waals surface area contributed by atoms with E-state index in [4.69, 9.17) is 9.84 Å². The lowest BCUT2D eigenvalue weighted by Gasteiger charge is -2.18. The topological polar surface area (TPSA) is 64.4 Å². The van der Waals surface area contributed by atoms with Gasteiger partial charge in [-0.25, -0.2) is 0 Å². The molecule has 172 valence electrons. The zero-order chi connectivity index (χ0) is 24.4. The first-order valence-electron chi connectivity index (χ1n) is 11.3. The van der Waals surface area contributed by atoms with Gasteiger partial charge < -0.3 is 9.84 Å². The number of aryl methyl sites for hydroxylation is 1. The standard InChI is InChI=1S/C30H24N2O3/c1-20-12-14-21(15-13-20)27-28(25-10-6-7-11-26(25)33)30(34)32(23-8-4-3-5-9-23)31-29(27)22-16-18-24(35-2)19-17-22/h3-19,33H,1-2H3. The van der Waals surface area contributed by atoms with Gasteiger partial charge in [0, 0.05) is 16.7 Å². The summed E-state index contributed by atoms with van der Waals surface area (Å²) in [7, 11) is 1.62. The highest BCUT2D eigenvalue weighted by atomic mass is 16.5. The lowest BCUT2D eigenvalue weighted by molar-refractivity contribution is 0.415. The van der Waals surface area contributed by atoms with Crippen LogP contribution in [-0.4, -0.2) is 22.0 Å². The van der Waals surface area contributed by atoms with Gasteiger partial charge >= 0.3 is 0 Å². The van der Waals surface area contributed by atoms with Crippen molar-refractivity contribution in [2.45, 2.75) is 6.92 Å². The predicted molar refractivity (Wildman–Crippen MR) is 139 cm³/mol. The van der Waals surface area contributed by atoms with Crippen LogP contribution in [0.1, 0.15) is 5.56 Å². The molecular formula is C30H24N2O3. The summed E-state index contributed by atoms with van der Waals surface area (Å²) in [4.78, 5) is 14.0. The van der Waals surface area contributed by atoms with E-state index in [2.05, 4.69) is 0 Å². The number of rotatable bonds is 5. The van der Waals surface area contributed by atoms with E-state index in [1.54, 1.807) is 25.3 Å². The van der Waals surface area contributed by atoms with Crippen LogP contribution in [0.25, 0.3) is 39.2 Å². The molecule has 5 nitrogen and oxygen atoms in total. The number of aromatic nitrogens is 2. The molecule has 0 unspecified atom stereocenters. The molecule has 0 aliphatic carbocycles. The summed E-state index contributed by atoms with van der Waals surface area (Å²) >= 11 is 0. The van der Waals surface area contributed by atoms with E-state index in [1.165, 1.54) is 4.68 Å². The maximum atomic E-state index is 14.0. The first-order valence-corrected chi connectivity index (χ1v) is 11.3. The summed E-state index contributed by atoms with van der Waals surface area (Å²) in [6.07, 6.45) is 0. The SMILES string of the molecule is COc1ccc(-c2nn(-c3ccccc3)c(=O)c(-c3ccccc3O)c2-c2ccc(C)cc2)cc1. The number of aromatic hydroxyl groups is 1. The Kier molecular flexibility index (Phi) is 5.90. The number of benzene rings is 4. The minimum Gasteiger partial charge on any atom is -0.507 e. The predicted octanol–water partition coefficient (Wildman–Crippen LogP) is 6.26. The van der Waals surface area contributed by atoms with Crippen LogP contribution in [0, 0.1) is 6.92 Å². The van der Waals surface area contributed by atoms with Crippen LogP contribution in [0.3, 0.4) is 0 Å². The van der Waals surface area contributed by atoms with Gasteiger partial charge in [0.25, 0.3) is 5.56 Å². The van der Waals surface area contributed by atoms with Crippen molar-refractivity contribution in [2.24, 2.45) is 0 Å². The number of methoxy groups -OCH3 is 1. The Morgan fingerprint density at radius 2 is 1.37 bits per heavy atom. The lowest BCUT2D eigenvalue weighted by Crippen LogP contribution is -2.25. The quantitative estimate of drug-likeness (QED) is 0.336. The van der Waals surface area contributed by atoms with Crippen LogP contribution in [0.4, 0.5) is 0 Å². The van der Waals surface area contributed by atoms with Crippen molar-refractivity contribution in [2.75, 3.05) is 7.11 Å². The number of para-hydroxylation sites is 2. The smallest absolute Gasteiger partial charge is 0.280 e. The van der Waals surface area contributed by atoms with Crippen LogP contribution < -0.4 is 10.3 Å². The molecule has 0 fully saturated rings. The van der Waals surface area contributed by atoms with Crippen LogP contribution in [0.2, 0.25) is 0 Å². The van der Waals surface area contributed by atoms with Gasteiger partial charge in [-0.2, -0.15) is 9.78 Å². The molecule has 5 aromatic rings. The minimum atomic E-state index is -0.314. The van der Waals surface area contributed by atoms with Gasteiger partial charge in [-0.1, -0.05) is 66.2 Å². The van der Waals surface area contributed by atoms with Gasteiger partial charge in [0.15, 0.2) is 0 Å². The summed E-state index contributed by atoms with van der Waals surface area (Å²) in [5.74, 6) is 0.757. The molecule has 35 heavy (non-hydrogen) atoms. The van der Waals surface area contributed by atoms with E-state index < -0.39 is 0 Å². The molecule has 0 aliphatic rings. The van der Waals surface area contributed by atoms with Crippen molar-refractivity contribution >= 4 is 0 Å². The van der Waals surface area contributed by atoms with Gasteiger partial charge in [0.2, 0.25) is 0 Å². The van der Waals surface area contributed by atoms with E-state index in [-0.39, 0.29) is 11.3 Å². The molecule has 0 saturated heterocycles. The maximum absolute atomic E-state index is 14.0. The Bertz CT molecular complexity index is 1540. The molecule has 5 rings (SSSR count). The molecule has 1 heterocycles. The van der Waals surface area contributed by atoms with Crippen LogP contribution in [-0.2, 0) is 0 Å². The Labute approximate surface area is 203 Å². The molecule has 5 heteroatoms. The summed E-state index contributed by atoms with van der Waals surface area (Å²) in [5, 5.41) is 15.7. The molecule has 0 aliphatic heterocycles. The second kappa shape index (κ2) is 9.31. The van der Waals surface area contributed by atoms with E-state index in [9.17, 15) is 9.90 Å². The van der Waals surface area contributed by atoms with Crippen molar-refractivity contribution in [1.82, 2.24) is 9.78 Å². The average molecular weight is 461 g/mol. The number of phenols is 1. The lowest BCUT2D eigenvalue weighted by atomic mass is 9.91. The molecule has 4 aromatic carbocycles. The summed E-state index contributed by atoms with van der Waals surface area (Å²) in [6.45, 7) is 2.02. The Balaban J connectivity index is 1.94. The molecule has 0 saturated carbocycles. The van der Waals surface area contributed by atoms with Crippen molar-refractivity contribution in [3.63, 3.8) is 0 Å². The maximum Gasteiger partial charge on any atom is 0.280 e. The number of phenolic OH excluding ortho intramolecular Hbond substituents is 1. The first-order chi connectivity index (χ1) is 17.1. The van der Waals surface area contributed by atoms with Crippen molar-refractivity contribution in [1.29, 1.82) is 0 Å². The van der Waals surface area contributed by atoms with Gasteiger partial charge in [0.1, 0.15) is 11.5 Å². The molecule has 0 radical (unpaired) electrons. The fraction of sp³-hybridized carbons (Fsp3) is 0.0667. The molecule has 1 N–H and O–H groups in total. The van der Waals surface area contributed by atoms with Crippen molar-refractivity contribution < 1.29 is 9.84 Å². The molecule has 0 spiro atoms. The van der Waals surface area contributed by atoms with E-state index in [1.807, 2.05) is 91.9 Å². The fourth-order valence-electron chi connectivity index (χ4n) is 4.16. The normalized spacial score (nSPS) is 10.8. The zero-order valence-corrected chi connectivity index (χ0v) is 19.5. The second-order valence-corrected chi connectivity index (χ2v) is 8.26. The Morgan fingerprint density at radius 1 is 0.743 bits per heavy atom. The molecular weight excluding hydrogens is 436 g/mol. The number of nitrogens with zero attached hydrogens (tertiary/aromatic N) is 2. The molecule has 0 bridgehead atoms. The van der Waals surface area contributed by atoms with Crippen LogP contribution >= 0.6 is 0 Å². The minimum absolute atomic E-state index is 0.0319. The molecule has 1 aromatic heterocycles. The largest absolute Gasteiger partial charge is 0.507 e. The third-order valence-corrected chi connectivity index (χ3v) is 5.97. The van der Waals surface area contributed by atoms with Crippen molar-refractivity contribution in [3.05, 3.63) is 119 Å². The van der Waals surface area contributed by atoms with Crippen LogP contribution in [0.5, 0.6) is 11.5 Å². The van der Waals surface area contributed by atoms with E-state index >= 15 is 0 Å². The summed E-state index contributed by atoms with van der Waals surface area (Å²) in [5.41, 5.74) is 5.21. The Hall–Kier alpha value is -4.64. The van der Waals surface area contributed by atoms with Gasteiger partial charge in [-0.15, -0.1) is 0 Å². The molecule has 0 atom stereocenters. The summed E-state index contributed by atoms with van der Waals surface area (Å²) in [6, 6.07) is 31.8. The zero-order valence-electron chi connectivity index (χ0n) is 19.5. The monoisotopic (exact) mass is 460 g/mol. The first kappa shape index (κ1) is 22.2. The highest BCUT2D eigenvalue weighted by Crippen LogP contribution is 2.40. The second-order valence-electron chi connectivity index (χ2n) is 8.26. The van der Waals surface area contributed by atoms with Gasteiger partial charge in [0.05, 0.1) is 24.1 Å². The highest BCUT2D eigenvalue weighted by Gasteiger charge is 2.24. The number of hydrogen-bond acceptors (Lipinski definition) is 4. The van der Waals surface area contributed by atoms with Crippen LogP contribution in [0.15, 0.2) is 108 Å². The Morgan fingerprint density at radius 3 is 2.03 bits per heavy atom.